The molecule has 0 radical (unpaired) electrons. The summed E-state index contributed by atoms with van der Waals surface area (Å²) in [5.74, 6) is -1.16. The number of hydrogen-bond acceptors (Lipinski definition) is 3. The minimum atomic E-state index is -0.923. The van der Waals surface area contributed by atoms with E-state index in [4.69, 9.17) is 5.11 Å². The first-order valence-corrected chi connectivity index (χ1v) is 11.8. The Balaban J connectivity index is 1.86. The van der Waals surface area contributed by atoms with Gasteiger partial charge in [0.2, 0.25) is 5.91 Å². The smallest absolute Gasteiger partial charge is 0.305 e. The van der Waals surface area contributed by atoms with E-state index >= 15 is 0 Å². The first-order valence-electron chi connectivity index (χ1n) is 11.8. The van der Waals surface area contributed by atoms with Crippen LogP contribution in [0.3, 0.4) is 0 Å². The summed E-state index contributed by atoms with van der Waals surface area (Å²) in [5.41, 5.74) is 9.97. The van der Waals surface area contributed by atoms with Crippen LogP contribution in [0.25, 0.3) is 17.2 Å². The molecule has 1 aliphatic rings. The van der Waals surface area contributed by atoms with E-state index < -0.39 is 5.97 Å². The zero-order valence-corrected chi connectivity index (χ0v) is 20.5. The van der Waals surface area contributed by atoms with E-state index in [2.05, 4.69) is 62.6 Å². The molecule has 1 amide bonds. The van der Waals surface area contributed by atoms with Gasteiger partial charge in [0.1, 0.15) is 0 Å². The highest BCUT2D eigenvalue weighted by Gasteiger charge is 2.17. The molecule has 0 aliphatic heterocycles. The molecule has 176 valence electrons. The van der Waals surface area contributed by atoms with E-state index in [-0.39, 0.29) is 18.9 Å². The molecule has 0 atom stereocenters. The predicted molar refractivity (Wildman–Crippen MR) is 136 cm³/mol. The van der Waals surface area contributed by atoms with Gasteiger partial charge in [0.25, 0.3) is 0 Å². The molecule has 0 bridgehead atoms. The summed E-state index contributed by atoms with van der Waals surface area (Å²) < 4.78 is 0. The molecule has 1 saturated carbocycles. The Morgan fingerprint density at radius 2 is 1.55 bits per heavy atom. The zero-order chi connectivity index (χ0) is 24.1. The Labute approximate surface area is 197 Å². The molecule has 0 heterocycles. The molecule has 5 heteroatoms. The molecule has 0 aromatic heterocycles. The minimum Gasteiger partial charge on any atom is -0.481 e. The first kappa shape index (κ1) is 24.6. The molecule has 0 spiro atoms. The summed E-state index contributed by atoms with van der Waals surface area (Å²) in [5, 5.41) is 15.1. The fraction of sp³-hybridized carbons (Fsp3) is 0.429. The van der Waals surface area contributed by atoms with Crippen LogP contribution in [0.4, 0.5) is 5.69 Å². The molecule has 1 fully saturated rings. The van der Waals surface area contributed by atoms with Crippen LogP contribution in [0.15, 0.2) is 29.8 Å². The van der Waals surface area contributed by atoms with Crippen LogP contribution in [-0.4, -0.2) is 29.6 Å². The lowest BCUT2D eigenvalue weighted by atomic mass is 9.85. The highest BCUT2D eigenvalue weighted by atomic mass is 16.4. The quantitative estimate of drug-likeness (QED) is 0.437. The number of benzene rings is 2. The highest BCUT2D eigenvalue weighted by molar-refractivity contribution is 5.98. The molecule has 2 aromatic carbocycles. The number of carbonyl (C=O) groups is 2. The average Bonchev–Trinajstić information content (AvgIpc) is 3.29. The summed E-state index contributed by atoms with van der Waals surface area (Å²) in [6.07, 6.45) is 6.97. The second kappa shape index (κ2) is 10.7. The lowest BCUT2D eigenvalue weighted by Crippen LogP contribution is -2.26. The molecule has 33 heavy (non-hydrogen) atoms. The van der Waals surface area contributed by atoms with E-state index in [1.807, 2.05) is 6.08 Å². The normalized spacial score (nSPS) is 14.4. The van der Waals surface area contributed by atoms with Crippen molar-refractivity contribution in [1.29, 1.82) is 0 Å². The number of carbonyl (C=O) groups excluding carboxylic acids is 1. The van der Waals surface area contributed by atoms with Crippen molar-refractivity contribution in [3.05, 3.63) is 57.7 Å². The Bertz CT molecular complexity index is 1030. The Morgan fingerprint density at radius 1 is 0.970 bits per heavy atom. The van der Waals surface area contributed by atoms with Gasteiger partial charge in [0, 0.05) is 23.8 Å². The fourth-order valence-corrected chi connectivity index (χ4v) is 4.73. The van der Waals surface area contributed by atoms with E-state index in [1.54, 1.807) is 6.92 Å². The molecule has 3 N–H and O–H groups in total. The van der Waals surface area contributed by atoms with Gasteiger partial charge in [-0.15, -0.1) is 0 Å². The van der Waals surface area contributed by atoms with Crippen molar-refractivity contribution in [1.82, 2.24) is 5.32 Å². The topological polar surface area (TPSA) is 78.4 Å². The molecule has 5 nitrogen and oxygen atoms in total. The third-order valence-corrected chi connectivity index (χ3v) is 6.93. The monoisotopic (exact) mass is 448 g/mol. The van der Waals surface area contributed by atoms with Crippen molar-refractivity contribution in [2.75, 3.05) is 11.9 Å². The third kappa shape index (κ3) is 5.84. The second-order valence-corrected chi connectivity index (χ2v) is 9.22. The summed E-state index contributed by atoms with van der Waals surface area (Å²) in [4.78, 5) is 23.1. The van der Waals surface area contributed by atoms with Gasteiger partial charge >= 0.3 is 5.97 Å². The SMILES string of the molecule is C/C(=C\c1c(C)c(C)c(-c2ccc(NC3CCCC3)cc2)c(C)c1C)C(=O)NCCC(=O)O. The number of nitrogens with one attached hydrogen (secondary N) is 2. The molecule has 3 rings (SSSR count). The van der Waals surface area contributed by atoms with Gasteiger partial charge in [0.15, 0.2) is 0 Å². The van der Waals surface area contributed by atoms with Gasteiger partial charge in [0.05, 0.1) is 6.42 Å². The lowest BCUT2D eigenvalue weighted by molar-refractivity contribution is -0.136. The van der Waals surface area contributed by atoms with Gasteiger partial charge in [-0.1, -0.05) is 25.0 Å². The number of hydrogen-bond donors (Lipinski definition) is 3. The first-order chi connectivity index (χ1) is 15.7. The summed E-state index contributed by atoms with van der Waals surface area (Å²) >= 11 is 0. The Morgan fingerprint density at radius 3 is 2.09 bits per heavy atom. The van der Waals surface area contributed by atoms with Crippen LogP contribution in [0.2, 0.25) is 0 Å². The molecule has 0 saturated heterocycles. The number of rotatable bonds is 8. The van der Waals surface area contributed by atoms with Crippen LogP contribution in [0.1, 0.15) is 66.8 Å². The van der Waals surface area contributed by atoms with Crippen LogP contribution in [0.5, 0.6) is 0 Å². The Kier molecular flexibility index (Phi) is 7.96. The number of carboxylic acids is 1. The van der Waals surface area contributed by atoms with Gasteiger partial charge in [-0.3, -0.25) is 9.59 Å². The maximum absolute atomic E-state index is 12.4. The van der Waals surface area contributed by atoms with Crippen molar-refractivity contribution in [3.8, 4) is 11.1 Å². The van der Waals surface area contributed by atoms with Gasteiger partial charge in [-0.25, -0.2) is 0 Å². The number of aliphatic carboxylic acids is 1. The van der Waals surface area contributed by atoms with Gasteiger partial charge in [-0.05, 0) is 105 Å². The van der Waals surface area contributed by atoms with E-state index in [1.165, 1.54) is 53.6 Å². The number of anilines is 1. The number of carboxylic acid groups (broad SMARTS) is 1. The number of amides is 1. The Hall–Kier alpha value is -3.08. The molecular formula is C28H36N2O3. The maximum Gasteiger partial charge on any atom is 0.305 e. The summed E-state index contributed by atoms with van der Waals surface area (Å²) in [6.45, 7) is 10.4. The zero-order valence-electron chi connectivity index (χ0n) is 20.5. The second-order valence-electron chi connectivity index (χ2n) is 9.22. The van der Waals surface area contributed by atoms with Crippen molar-refractivity contribution in [2.24, 2.45) is 0 Å². The van der Waals surface area contributed by atoms with Gasteiger partial charge in [-0.2, -0.15) is 0 Å². The highest BCUT2D eigenvalue weighted by Crippen LogP contribution is 2.36. The van der Waals surface area contributed by atoms with Crippen LogP contribution < -0.4 is 10.6 Å². The van der Waals surface area contributed by atoms with E-state index in [0.29, 0.717) is 11.6 Å². The van der Waals surface area contributed by atoms with E-state index in [0.717, 1.165) is 16.7 Å². The van der Waals surface area contributed by atoms with Gasteiger partial charge < -0.3 is 15.7 Å². The summed E-state index contributed by atoms with van der Waals surface area (Å²) in [6, 6.07) is 9.34. The fourth-order valence-electron chi connectivity index (χ4n) is 4.73. The van der Waals surface area contributed by atoms with Crippen molar-refractivity contribution >= 4 is 23.6 Å². The predicted octanol–water partition coefficient (Wildman–Crippen LogP) is 5.94. The minimum absolute atomic E-state index is 0.0844. The molecule has 1 aliphatic carbocycles. The molecule has 0 unspecified atom stereocenters. The van der Waals surface area contributed by atoms with Crippen LogP contribution in [-0.2, 0) is 9.59 Å². The lowest BCUT2D eigenvalue weighted by Gasteiger charge is -2.20. The van der Waals surface area contributed by atoms with Crippen LogP contribution in [0, 0.1) is 27.7 Å². The van der Waals surface area contributed by atoms with Crippen molar-refractivity contribution < 1.29 is 14.7 Å². The molecular weight excluding hydrogens is 412 g/mol. The standard InChI is InChI=1S/C28H36N2O3/c1-17(28(33)29-15-14-26(31)32)16-25-18(2)20(4)27(21(5)19(25)3)22-10-12-24(13-11-22)30-23-8-6-7-9-23/h10-13,16,23,30H,6-9,14-15H2,1-5H3,(H,29,33)(H,31,32)/b17-16+. The average molecular weight is 449 g/mol. The van der Waals surface area contributed by atoms with E-state index in [9.17, 15) is 9.59 Å². The van der Waals surface area contributed by atoms with Crippen LogP contribution >= 0.6 is 0 Å². The third-order valence-electron chi connectivity index (χ3n) is 6.93. The molecule has 2 aromatic rings. The van der Waals surface area contributed by atoms with Crippen molar-refractivity contribution in [2.45, 2.75) is 72.8 Å². The largest absolute Gasteiger partial charge is 0.481 e. The maximum atomic E-state index is 12.4. The summed E-state index contributed by atoms with van der Waals surface area (Å²) in [7, 11) is 0. The van der Waals surface area contributed by atoms with Crippen molar-refractivity contribution in [3.63, 3.8) is 0 Å².